The largest absolute Gasteiger partial charge is 0.493 e. The molecule has 1 aliphatic rings. The fourth-order valence-corrected chi connectivity index (χ4v) is 6.26. The number of ether oxygens (including phenoxy) is 4. The first-order valence-electron chi connectivity index (χ1n) is 14.1. The molecule has 0 unspecified atom stereocenters. The Morgan fingerprint density at radius 2 is 1.87 bits per heavy atom. The molecule has 1 aliphatic heterocycles. The standard InChI is InChI=1S/C33H31ClN2O8S/c1-7-42-32(39)28-18(4)35-33-36(29(28)20-9-12-25(43-17(2)3)26(15-20)40-5)30(37)27(45-33)16-21-10-13-24(44-21)19-8-11-22(23(34)14-19)31(38)41-6/h8-17,29H,7H2,1-6H3/b27-16-/t29-/m1/s1. The molecule has 5 rings (SSSR count). The number of allylic oxidation sites excluding steroid dienone is 1. The van der Waals surface area contributed by atoms with Crippen LogP contribution in [0.15, 0.2) is 74.0 Å². The van der Waals surface area contributed by atoms with Crippen LogP contribution in [0.3, 0.4) is 0 Å². The highest BCUT2D eigenvalue weighted by atomic mass is 35.5. The molecule has 1 atom stereocenters. The van der Waals surface area contributed by atoms with E-state index in [1.54, 1.807) is 68.5 Å². The Labute approximate surface area is 267 Å². The zero-order valence-corrected chi connectivity index (χ0v) is 27.1. The van der Waals surface area contributed by atoms with Crippen LogP contribution in [-0.2, 0) is 14.3 Å². The lowest BCUT2D eigenvalue weighted by molar-refractivity contribution is -0.139. The molecule has 45 heavy (non-hydrogen) atoms. The second-order valence-corrected chi connectivity index (χ2v) is 11.7. The number of benzene rings is 2. The lowest BCUT2D eigenvalue weighted by atomic mass is 9.95. The molecule has 12 heteroatoms. The Morgan fingerprint density at radius 1 is 1.09 bits per heavy atom. The molecule has 0 radical (unpaired) electrons. The summed E-state index contributed by atoms with van der Waals surface area (Å²) >= 11 is 7.47. The van der Waals surface area contributed by atoms with Gasteiger partial charge in [0.25, 0.3) is 5.56 Å². The molecular formula is C33H31ClN2O8S. The van der Waals surface area contributed by atoms with E-state index in [0.29, 0.717) is 49.2 Å². The van der Waals surface area contributed by atoms with Crippen LogP contribution in [0.25, 0.3) is 17.4 Å². The number of carbonyl (C=O) groups is 2. The minimum absolute atomic E-state index is 0.0852. The van der Waals surface area contributed by atoms with E-state index in [2.05, 4.69) is 4.99 Å². The molecule has 234 valence electrons. The van der Waals surface area contributed by atoms with Gasteiger partial charge < -0.3 is 23.4 Å². The van der Waals surface area contributed by atoms with Crippen LogP contribution in [0, 0.1) is 0 Å². The highest BCUT2D eigenvalue weighted by Gasteiger charge is 2.34. The van der Waals surface area contributed by atoms with Crippen LogP contribution in [0.2, 0.25) is 5.02 Å². The molecule has 0 aliphatic carbocycles. The van der Waals surface area contributed by atoms with Crippen molar-refractivity contribution in [1.29, 1.82) is 0 Å². The topological polar surface area (TPSA) is 119 Å². The van der Waals surface area contributed by atoms with Gasteiger partial charge in [-0.15, -0.1) is 0 Å². The van der Waals surface area contributed by atoms with Crippen LogP contribution >= 0.6 is 22.9 Å². The van der Waals surface area contributed by atoms with Crippen LogP contribution < -0.4 is 24.4 Å². The van der Waals surface area contributed by atoms with Gasteiger partial charge in [0.2, 0.25) is 0 Å². The van der Waals surface area contributed by atoms with Gasteiger partial charge >= 0.3 is 11.9 Å². The van der Waals surface area contributed by atoms with Gasteiger partial charge in [0.15, 0.2) is 16.3 Å². The smallest absolute Gasteiger partial charge is 0.339 e. The van der Waals surface area contributed by atoms with Crippen LogP contribution in [0.1, 0.15) is 55.4 Å². The number of hydrogen-bond acceptors (Lipinski definition) is 10. The Kier molecular flexibility index (Phi) is 9.31. The van der Waals surface area contributed by atoms with E-state index >= 15 is 0 Å². The number of nitrogens with zero attached hydrogens (tertiary/aromatic N) is 2. The highest BCUT2D eigenvalue weighted by Crippen LogP contribution is 2.36. The number of carbonyl (C=O) groups excluding carboxylic acids is 2. The Bertz CT molecular complexity index is 2000. The van der Waals surface area contributed by atoms with Gasteiger partial charge in [-0.1, -0.05) is 35.1 Å². The van der Waals surface area contributed by atoms with E-state index < -0.39 is 18.0 Å². The third kappa shape index (κ3) is 6.31. The van der Waals surface area contributed by atoms with E-state index in [1.165, 1.54) is 30.1 Å². The van der Waals surface area contributed by atoms with E-state index in [1.807, 2.05) is 13.8 Å². The number of fused-ring (bicyclic) bond motifs is 1. The first-order chi connectivity index (χ1) is 21.6. The van der Waals surface area contributed by atoms with Crippen LogP contribution in [0.4, 0.5) is 0 Å². The maximum Gasteiger partial charge on any atom is 0.339 e. The number of esters is 2. The minimum atomic E-state index is -0.827. The van der Waals surface area contributed by atoms with E-state index in [9.17, 15) is 14.4 Å². The van der Waals surface area contributed by atoms with Crippen molar-refractivity contribution in [3.8, 4) is 22.8 Å². The maximum absolute atomic E-state index is 14.0. The average molecular weight is 651 g/mol. The summed E-state index contributed by atoms with van der Waals surface area (Å²) in [6.07, 6.45) is 1.54. The van der Waals surface area contributed by atoms with Gasteiger partial charge in [-0.05, 0) is 69.7 Å². The normalized spacial score (nSPS) is 14.7. The van der Waals surface area contributed by atoms with Crippen molar-refractivity contribution in [1.82, 2.24) is 4.57 Å². The third-order valence-corrected chi connectivity index (χ3v) is 8.24. The summed E-state index contributed by atoms with van der Waals surface area (Å²) in [6.45, 7) is 7.42. The number of rotatable bonds is 9. The van der Waals surface area contributed by atoms with Crippen molar-refractivity contribution in [3.05, 3.63) is 101 Å². The van der Waals surface area contributed by atoms with Crippen LogP contribution in [-0.4, -0.2) is 43.4 Å². The lowest BCUT2D eigenvalue weighted by Gasteiger charge is -2.25. The molecule has 0 bridgehead atoms. The number of methoxy groups -OCH3 is 2. The SMILES string of the molecule is CCOC(=O)C1=C(C)N=c2s/c(=C\c3ccc(-c4ccc(C(=O)OC)c(Cl)c4)o3)c(=O)n2[C@@H]1c1ccc(OC(C)C)c(OC)c1. The number of furan rings is 1. The average Bonchev–Trinajstić information content (AvgIpc) is 3.60. The van der Waals surface area contributed by atoms with Gasteiger partial charge in [-0.25, -0.2) is 14.6 Å². The predicted octanol–water partition coefficient (Wildman–Crippen LogP) is 5.29. The summed E-state index contributed by atoms with van der Waals surface area (Å²) in [6, 6.07) is 12.8. The summed E-state index contributed by atoms with van der Waals surface area (Å²) in [5, 5.41) is 0.221. The molecule has 2 aromatic carbocycles. The second kappa shape index (κ2) is 13.2. The summed E-state index contributed by atoms with van der Waals surface area (Å²) < 4.78 is 29.5. The third-order valence-electron chi connectivity index (χ3n) is 6.94. The fraction of sp³-hybridized carbons (Fsp3) is 0.273. The number of aromatic nitrogens is 1. The summed E-state index contributed by atoms with van der Waals surface area (Å²) in [5.41, 5.74) is 1.84. The predicted molar refractivity (Wildman–Crippen MR) is 170 cm³/mol. The van der Waals surface area contributed by atoms with Crippen molar-refractivity contribution in [2.24, 2.45) is 4.99 Å². The zero-order chi connectivity index (χ0) is 32.4. The van der Waals surface area contributed by atoms with Gasteiger partial charge in [-0.2, -0.15) is 0 Å². The first-order valence-corrected chi connectivity index (χ1v) is 15.3. The van der Waals surface area contributed by atoms with Crippen molar-refractivity contribution in [2.75, 3.05) is 20.8 Å². The molecule has 0 saturated carbocycles. The van der Waals surface area contributed by atoms with E-state index in [0.717, 1.165) is 0 Å². The van der Waals surface area contributed by atoms with Gasteiger partial charge in [-0.3, -0.25) is 9.36 Å². The van der Waals surface area contributed by atoms with Gasteiger partial charge in [0.05, 0.1) is 59.4 Å². The molecule has 0 saturated heterocycles. The summed E-state index contributed by atoms with van der Waals surface area (Å²) in [5.74, 6) is 0.799. The number of thiazole rings is 1. The maximum atomic E-state index is 14.0. The molecule has 10 nitrogen and oxygen atoms in total. The number of halogens is 1. The van der Waals surface area contributed by atoms with Crippen molar-refractivity contribution in [3.63, 3.8) is 0 Å². The molecular weight excluding hydrogens is 620 g/mol. The minimum Gasteiger partial charge on any atom is -0.493 e. The van der Waals surface area contributed by atoms with Crippen molar-refractivity contribution >= 4 is 41.0 Å². The quantitative estimate of drug-likeness (QED) is 0.224. The molecule has 0 spiro atoms. The second-order valence-electron chi connectivity index (χ2n) is 10.3. The van der Waals surface area contributed by atoms with Gasteiger partial charge in [0.1, 0.15) is 11.5 Å². The van der Waals surface area contributed by atoms with E-state index in [-0.39, 0.29) is 34.4 Å². The molecule has 0 fully saturated rings. The lowest BCUT2D eigenvalue weighted by Crippen LogP contribution is -2.40. The molecule has 4 aromatic rings. The van der Waals surface area contributed by atoms with Crippen molar-refractivity contribution < 1.29 is 33.0 Å². The molecule has 0 amide bonds. The van der Waals surface area contributed by atoms with Crippen molar-refractivity contribution in [2.45, 2.75) is 39.8 Å². The molecule has 0 N–H and O–H groups in total. The highest BCUT2D eigenvalue weighted by molar-refractivity contribution is 7.07. The molecule has 3 heterocycles. The Hall–Kier alpha value is -4.61. The summed E-state index contributed by atoms with van der Waals surface area (Å²) in [7, 11) is 2.82. The Morgan fingerprint density at radius 3 is 2.53 bits per heavy atom. The number of hydrogen-bond donors (Lipinski definition) is 0. The van der Waals surface area contributed by atoms with Crippen LogP contribution in [0.5, 0.6) is 11.5 Å². The summed E-state index contributed by atoms with van der Waals surface area (Å²) in [4.78, 5) is 44.2. The van der Waals surface area contributed by atoms with E-state index in [4.69, 9.17) is 35.0 Å². The Balaban J connectivity index is 1.60. The van der Waals surface area contributed by atoms with Gasteiger partial charge in [0, 0.05) is 11.6 Å². The fourth-order valence-electron chi connectivity index (χ4n) is 4.97. The monoisotopic (exact) mass is 650 g/mol. The first kappa shape index (κ1) is 31.8. The molecule has 2 aromatic heterocycles. The zero-order valence-electron chi connectivity index (χ0n) is 25.5.